The van der Waals surface area contributed by atoms with Gasteiger partial charge < -0.3 is 10.5 Å². The third kappa shape index (κ3) is 4.14. The summed E-state index contributed by atoms with van der Waals surface area (Å²) in [6.07, 6.45) is 3.05. The summed E-state index contributed by atoms with van der Waals surface area (Å²) in [6, 6.07) is 9.17. The number of nitrogens with zero attached hydrogens (tertiary/aromatic N) is 1. The van der Waals surface area contributed by atoms with Gasteiger partial charge in [-0.05, 0) is 24.5 Å². The quantitative estimate of drug-likeness (QED) is 0.893. The molecule has 5 nitrogen and oxygen atoms in total. The van der Waals surface area contributed by atoms with Crippen LogP contribution >= 0.6 is 0 Å². The Hall–Kier alpha value is -1.21. The van der Waals surface area contributed by atoms with Crippen LogP contribution in [0.4, 0.5) is 0 Å². The second-order valence-corrected chi connectivity index (χ2v) is 6.91. The van der Waals surface area contributed by atoms with Gasteiger partial charge in [0.25, 0.3) is 0 Å². The zero-order valence-corrected chi connectivity index (χ0v) is 13.0. The lowest BCUT2D eigenvalue weighted by Crippen LogP contribution is -2.50. The molecule has 1 saturated heterocycles. The van der Waals surface area contributed by atoms with E-state index in [0.29, 0.717) is 25.9 Å². The summed E-state index contributed by atoms with van der Waals surface area (Å²) in [5.74, 6) is 0. The number of rotatable bonds is 5. The summed E-state index contributed by atoms with van der Waals surface area (Å²) in [7, 11) is -1.81. The Bertz CT molecular complexity index is 572. The minimum atomic E-state index is -3.46. The van der Waals surface area contributed by atoms with Gasteiger partial charge in [0.15, 0.2) is 0 Å². The Kier molecular flexibility index (Phi) is 5.52. The number of piperidine rings is 1. The fourth-order valence-electron chi connectivity index (χ4n) is 2.56. The molecule has 2 unspecified atom stereocenters. The van der Waals surface area contributed by atoms with Gasteiger partial charge in [-0.25, -0.2) is 8.42 Å². The van der Waals surface area contributed by atoms with Crippen molar-refractivity contribution in [2.24, 2.45) is 5.73 Å². The van der Waals surface area contributed by atoms with Crippen LogP contribution in [0.25, 0.3) is 6.08 Å². The van der Waals surface area contributed by atoms with Crippen molar-refractivity contribution < 1.29 is 13.2 Å². The largest absolute Gasteiger partial charge is 0.381 e. The van der Waals surface area contributed by atoms with E-state index in [1.165, 1.54) is 9.71 Å². The lowest BCUT2D eigenvalue weighted by atomic mass is 10.0. The molecule has 0 aromatic heterocycles. The summed E-state index contributed by atoms with van der Waals surface area (Å²) < 4.78 is 31.7. The van der Waals surface area contributed by atoms with Crippen LogP contribution in [0.1, 0.15) is 18.4 Å². The van der Waals surface area contributed by atoms with Crippen LogP contribution in [0.2, 0.25) is 0 Å². The van der Waals surface area contributed by atoms with E-state index in [1.54, 1.807) is 13.2 Å². The second-order valence-electron chi connectivity index (χ2n) is 5.14. The Labute approximate surface area is 126 Å². The van der Waals surface area contributed by atoms with Gasteiger partial charge in [0, 0.05) is 31.6 Å². The maximum Gasteiger partial charge on any atom is 0.236 e. The highest BCUT2D eigenvalue weighted by molar-refractivity contribution is 7.92. The van der Waals surface area contributed by atoms with Gasteiger partial charge in [0.1, 0.15) is 0 Å². The van der Waals surface area contributed by atoms with E-state index in [0.717, 1.165) is 5.56 Å². The molecule has 1 aliphatic rings. The molecule has 116 valence electrons. The number of hydrogen-bond donors (Lipinski definition) is 1. The van der Waals surface area contributed by atoms with Gasteiger partial charge in [-0.15, -0.1) is 0 Å². The normalized spacial score (nSPS) is 24.5. The van der Waals surface area contributed by atoms with Crippen LogP contribution in [-0.2, 0) is 14.8 Å². The summed E-state index contributed by atoms with van der Waals surface area (Å²) in [5, 5.41) is 1.26. The molecule has 0 radical (unpaired) electrons. The van der Waals surface area contributed by atoms with Crippen LogP contribution in [0.15, 0.2) is 35.7 Å². The van der Waals surface area contributed by atoms with Crippen molar-refractivity contribution in [3.05, 3.63) is 41.3 Å². The van der Waals surface area contributed by atoms with Crippen molar-refractivity contribution in [2.45, 2.75) is 25.0 Å². The number of sulfonamides is 1. The van der Waals surface area contributed by atoms with Crippen LogP contribution < -0.4 is 5.73 Å². The molecule has 1 aromatic carbocycles. The summed E-state index contributed by atoms with van der Waals surface area (Å²) in [6.45, 7) is 0.750. The molecule has 21 heavy (non-hydrogen) atoms. The van der Waals surface area contributed by atoms with E-state index in [9.17, 15) is 8.42 Å². The first-order chi connectivity index (χ1) is 10.1. The van der Waals surface area contributed by atoms with Gasteiger partial charge in [-0.3, -0.25) is 0 Å². The van der Waals surface area contributed by atoms with E-state index in [2.05, 4.69) is 0 Å². The molecule has 6 heteroatoms. The molecule has 2 N–H and O–H groups in total. The van der Waals surface area contributed by atoms with Crippen molar-refractivity contribution in [2.75, 3.05) is 20.2 Å². The molecule has 2 atom stereocenters. The average molecular weight is 310 g/mol. The first-order valence-corrected chi connectivity index (χ1v) is 8.55. The van der Waals surface area contributed by atoms with Crippen molar-refractivity contribution in [3.8, 4) is 0 Å². The Morgan fingerprint density at radius 2 is 2.10 bits per heavy atom. The first-order valence-electron chi connectivity index (χ1n) is 7.04. The smallest absolute Gasteiger partial charge is 0.236 e. The zero-order valence-electron chi connectivity index (χ0n) is 12.2. The first kappa shape index (κ1) is 16.2. The third-order valence-corrected chi connectivity index (χ3v) is 5.39. The SMILES string of the molecule is COC1CCN(S(=O)(=O)/C=C/c2ccccc2)C(CN)C1. The maximum atomic E-state index is 12.5. The highest BCUT2D eigenvalue weighted by Gasteiger charge is 2.33. The van der Waals surface area contributed by atoms with Crippen LogP contribution in [0.5, 0.6) is 0 Å². The lowest BCUT2D eigenvalue weighted by Gasteiger charge is -2.36. The monoisotopic (exact) mass is 310 g/mol. The molecule has 1 aromatic rings. The third-order valence-electron chi connectivity index (χ3n) is 3.78. The van der Waals surface area contributed by atoms with E-state index >= 15 is 0 Å². The van der Waals surface area contributed by atoms with E-state index in [1.807, 2.05) is 30.3 Å². The van der Waals surface area contributed by atoms with Crippen LogP contribution in [0.3, 0.4) is 0 Å². The standard InChI is InChI=1S/C15H22N2O3S/c1-20-15-7-9-17(14(11-15)12-16)21(18,19)10-8-13-5-3-2-4-6-13/h2-6,8,10,14-15H,7,9,11-12,16H2,1H3/b10-8+. The fraction of sp³-hybridized carbons (Fsp3) is 0.467. The van der Waals surface area contributed by atoms with Gasteiger partial charge >= 0.3 is 0 Å². The van der Waals surface area contributed by atoms with Gasteiger partial charge in [0.2, 0.25) is 10.0 Å². The summed E-state index contributed by atoms with van der Waals surface area (Å²) >= 11 is 0. The zero-order chi connectivity index (χ0) is 15.3. The average Bonchev–Trinajstić information content (AvgIpc) is 2.53. The summed E-state index contributed by atoms with van der Waals surface area (Å²) in [5.41, 5.74) is 6.59. The predicted molar refractivity (Wildman–Crippen MR) is 84.0 cm³/mol. The molecule has 0 bridgehead atoms. The number of benzene rings is 1. The Morgan fingerprint density at radius 1 is 1.38 bits per heavy atom. The highest BCUT2D eigenvalue weighted by Crippen LogP contribution is 2.23. The Morgan fingerprint density at radius 3 is 2.71 bits per heavy atom. The molecular weight excluding hydrogens is 288 g/mol. The van der Waals surface area contributed by atoms with Gasteiger partial charge in [0.05, 0.1) is 6.10 Å². The highest BCUT2D eigenvalue weighted by atomic mass is 32.2. The Balaban J connectivity index is 2.13. The van der Waals surface area contributed by atoms with E-state index in [-0.39, 0.29) is 12.1 Å². The van der Waals surface area contributed by atoms with Crippen LogP contribution in [0, 0.1) is 0 Å². The number of nitrogens with two attached hydrogens (primary N) is 1. The van der Waals surface area contributed by atoms with Gasteiger partial charge in [-0.1, -0.05) is 30.3 Å². The molecule has 0 aliphatic carbocycles. The predicted octanol–water partition coefficient (Wildman–Crippen LogP) is 1.43. The molecule has 0 spiro atoms. The molecule has 1 fully saturated rings. The van der Waals surface area contributed by atoms with E-state index < -0.39 is 10.0 Å². The molecule has 2 rings (SSSR count). The lowest BCUT2D eigenvalue weighted by molar-refractivity contribution is 0.0405. The maximum absolute atomic E-state index is 12.5. The summed E-state index contributed by atoms with van der Waals surface area (Å²) in [4.78, 5) is 0. The number of hydrogen-bond acceptors (Lipinski definition) is 4. The minimum absolute atomic E-state index is 0.0862. The van der Waals surface area contributed by atoms with Crippen molar-refractivity contribution in [1.82, 2.24) is 4.31 Å². The van der Waals surface area contributed by atoms with Crippen molar-refractivity contribution in [3.63, 3.8) is 0 Å². The number of methoxy groups -OCH3 is 1. The van der Waals surface area contributed by atoms with E-state index in [4.69, 9.17) is 10.5 Å². The molecule has 0 saturated carbocycles. The number of ether oxygens (including phenoxy) is 1. The second kappa shape index (κ2) is 7.17. The molecule has 1 aliphatic heterocycles. The molecular formula is C15H22N2O3S. The molecule has 1 heterocycles. The van der Waals surface area contributed by atoms with Crippen LogP contribution in [-0.4, -0.2) is 45.1 Å². The van der Waals surface area contributed by atoms with Crippen molar-refractivity contribution >= 4 is 16.1 Å². The van der Waals surface area contributed by atoms with Gasteiger partial charge in [-0.2, -0.15) is 4.31 Å². The van der Waals surface area contributed by atoms with Crippen molar-refractivity contribution in [1.29, 1.82) is 0 Å². The fourth-order valence-corrected chi connectivity index (χ4v) is 4.00. The minimum Gasteiger partial charge on any atom is -0.381 e. The molecule has 0 amide bonds. The topological polar surface area (TPSA) is 72.6 Å².